The number of anilines is 1. The van der Waals surface area contributed by atoms with Gasteiger partial charge in [-0.2, -0.15) is 0 Å². The molecule has 1 rings (SSSR count). The zero-order valence-corrected chi connectivity index (χ0v) is 7.18. The minimum Gasteiger partial charge on any atom is -0.374 e. The first kappa shape index (κ1) is 8.13. The smallest absolute Gasteiger partial charge is 0.203 e. The normalized spacial score (nSPS) is 10.5. The molecule has 0 radical (unpaired) electrons. The van der Waals surface area contributed by atoms with E-state index in [4.69, 9.17) is 5.73 Å². The van der Waals surface area contributed by atoms with E-state index >= 15 is 0 Å². The number of Topliss-reactive ketones (excluding diaryl/α,β-unsaturated/α-hetero) is 1. The molecule has 0 aliphatic carbocycles. The zero-order valence-electron chi connectivity index (χ0n) is 6.37. The zero-order chi connectivity index (χ0) is 8.43. The van der Waals surface area contributed by atoms with Gasteiger partial charge in [0.25, 0.3) is 0 Å². The average Bonchev–Trinajstić information content (AvgIpc) is 2.34. The molecule has 0 unspecified atom stereocenters. The molecule has 0 saturated carbocycles. The van der Waals surface area contributed by atoms with E-state index in [1.807, 2.05) is 13.8 Å². The second-order valence-electron chi connectivity index (χ2n) is 2.46. The van der Waals surface area contributed by atoms with Gasteiger partial charge in [0.15, 0.2) is 10.8 Å². The molecule has 0 aromatic carbocycles. The molecule has 2 N–H and O–H groups in total. The quantitative estimate of drug-likeness (QED) is 0.673. The van der Waals surface area contributed by atoms with Gasteiger partial charge in [-0.1, -0.05) is 25.2 Å². The molecule has 0 fully saturated rings. The van der Waals surface area contributed by atoms with Gasteiger partial charge in [-0.05, 0) is 0 Å². The number of rotatable bonds is 2. The molecule has 1 aromatic rings. The molecular formula is C6H9N3OS. The van der Waals surface area contributed by atoms with Crippen LogP contribution < -0.4 is 5.73 Å². The summed E-state index contributed by atoms with van der Waals surface area (Å²) in [5.74, 6) is -0.0402. The van der Waals surface area contributed by atoms with Crippen molar-refractivity contribution in [1.82, 2.24) is 10.2 Å². The van der Waals surface area contributed by atoms with Gasteiger partial charge in [0.2, 0.25) is 5.13 Å². The van der Waals surface area contributed by atoms with Gasteiger partial charge in [0, 0.05) is 5.92 Å². The summed E-state index contributed by atoms with van der Waals surface area (Å²) in [6, 6.07) is 0. The molecule has 1 aromatic heterocycles. The van der Waals surface area contributed by atoms with E-state index in [-0.39, 0.29) is 11.7 Å². The van der Waals surface area contributed by atoms with Crippen LogP contribution in [0.25, 0.3) is 0 Å². The van der Waals surface area contributed by atoms with Crippen molar-refractivity contribution < 1.29 is 4.79 Å². The lowest BCUT2D eigenvalue weighted by atomic mass is 10.1. The molecule has 0 saturated heterocycles. The Kier molecular flexibility index (Phi) is 2.19. The number of carbonyl (C=O) groups excluding carboxylic acids is 1. The fourth-order valence-electron chi connectivity index (χ4n) is 0.581. The Morgan fingerprint density at radius 1 is 1.55 bits per heavy atom. The Bertz CT molecular complexity index is 269. The van der Waals surface area contributed by atoms with Crippen LogP contribution in [0.2, 0.25) is 0 Å². The van der Waals surface area contributed by atoms with Crippen LogP contribution >= 0.6 is 11.3 Å². The van der Waals surface area contributed by atoms with Crippen molar-refractivity contribution in [2.45, 2.75) is 13.8 Å². The Morgan fingerprint density at radius 2 is 2.18 bits per heavy atom. The summed E-state index contributed by atoms with van der Waals surface area (Å²) in [7, 11) is 0. The lowest BCUT2D eigenvalue weighted by Gasteiger charge is -1.96. The Hall–Kier alpha value is -0.970. The molecule has 0 spiro atoms. The second kappa shape index (κ2) is 2.96. The van der Waals surface area contributed by atoms with Crippen molar-refractivity contribution in [1.29, 1.82) is 0 Å². The first-order chi connectivity index (χ1) is 5.11. The largest absolute Gasteiger partial charge is 0.374 e. The highest BCUT2D eigenvalue weighted by atomic mass is 32.1. The van der Waals surface area contributed by atoms with Crippen molar-refractivity contribution >= 4 is 22.3 Å². The molecule has 0 amide bonds. The van der Waals surface area contributed by atoms with Crippen LogP contribution in [-0.2, 0) is 0 Å². The third-order valence-corrected chi connectivity index (χ3v) is 1.94. The van der Waals surface area contributed by atoms with Crippen LogP contribution in [0.1, 0.15) is 23.6 Å². The third kappa shape index (κ3) is 1.74. The van der Waals surface area contributed by atoms with Crippen LogP contribution in [0, 0.1) is 5.92 Å². The number of nitrogens with zero attached hydrogens (tertiary/aromatic N) is 2. The monoisotopic (exact) mass is 171 g/mol. The predicted molar refractivity (Wildman–Crippen MR) is 43.5 cm³/mol. The van der Waals surface area contributed by atoms with Crippen molar-refractivity contribution in [3.63, 3.8) is 0 Å². The highest BCUT2D eigenvalue weighted by Gasteiger charge is 2.14. The van der Waals surface area contributed by atoms with Gasteiger partial charge < -0.3 is 5.73 Å². The van der Waals surface area contributed by atoms with Crippen molar-refractivity contribution in [2.75, 3.05) is 5.73 Å². The molecule has 0 aliphatic heterocycles. The summed E-state index contributed by atoms with van der Waals surface area (Å²) in [5, 5.41) is 7.92. The maximum atomic E-state index is 11.2. The van der Waals surface area contributed by atoms with E-state index in [1.54, 1.807) is 0 Å². The van der Waals surface area contributed by atoms with E-state index in [0.29, 0.717) is 10.1 Å². The SMILES string of the molecule is CC(C)C(=O)c1nnc(N)s1. The third-order valence-electron chi connectivity index (χ3n) is 1.18. The number of carbonyl (C=O) groups is 1. The number of hydrogen-bond acceptors (Lipinski definition) is 5. The first-order valence-corrected chi connectivity index (χ1v) is 4.06. The van der Waals surface area contributed by atoms with E-state index in [1.165, 1.54) is 0 Å². The van der Waals surface area contributed by atoms with Gasteiger partial charge in [-0.15, -0.1) is 10.2 Å². The van der Waals surface area contributed by atoms with Crippen LogP contribution in [0.15, 0.2) is 0 Å². The number of hydrogen-bond donors (Lipinski definition) is 1. The summed E-state index contributed by atoms with van der Waals surface area (Å²) in [4.78, 5) is 11.2. The maximum absolute atomic E-state index is 11.2. The Balaban J connectivity index is 2.85. The van der Waals surface area contributed by atoms with Crippen molar-refractivity contribution in [2.24, 2.45) is 5.92 Å². The first-order valence-electron chi connectivity index (χ1n) is 3.24. The molecule has 11 heavy (non-hydrogen) atoms. The molecule has 0 bridgehead atoms. The van der Waals surface area contributed by atoms with E-state index in [2.05, 4.69) is 10.2 Å². The summed E-state index contributed by atoms with van der Waals surface area (Å²) in [6.45, 7) is 3.64. The predicted octanol–water partition coefficient (Wildman–Crippen LogP) is 0.959. The average molecular weight is 171 g/mol. The van der Waals surface area contributed by atoms with Gasteiger partial charge in [0.05, 0.1) is 0 Å². The lowest BCUT2D eigenvalue weighted by molar-refractivity contribution is 0.0938. The Labute approximate surface area is 68.4 Å². The molecule has 0 aliphatic rings. The number of ketones is 1. The summed E-state index contributed by atoms with van der Waals surface area (Å²) >= 11 is 1.13. The van der Waals surface area contributed by atoms with Crippen molar-refractivity contribution in [3.8, 4) is 0 Å². The van der Waals surface area contributed by atoms with Crippen LogP contribution in [0.5, 0.6) is 0 Å². The summed E-state index contributed by atoms with van der Waals surface area (Å²) in [6.07, 6.45) is 0. The molecular weight excluding hydrogens is 162 g/mol. The molecule has 5 heteroatoms. The molecule has 4 nitrogen and oxygen atoms in total. The minimum absolute atomic E-state index is 0.000741. The van der Waals surface area contributed by atoms with Crippen LogP contribution in [-0.4, -0.2) is 16.0 Å². The van der Waals surface area contributed by atoms with E-state index < -0.39 is 0 Å². The lowest BCUT2D eigenvalue weighted by Crippen LogP contribution is -2.06. The highest BCUT2D eigenvalue weighted by Crippen LogP contribution is 2.14. The highest BCUT2D eigenvalue weighted by molar-refractivity contribution is 7.16. The van der Waals surface area contributed by atoms with Crippen molar-refractivity contribution in [3.05, 3.63) is 5.01 Å². The van der Waals surface area contributed by atoms with Gasteiger partial charge >= 0.3 is 0 Å². The molecule has 1 heterocycles. The number of nitrogen functional groups attached to an aromatic ring is 1. The number of aromatic nitrogens is 2. The molecule has 0 atom stereocenters. The summed E-state index contributed by atoms with van der Waals surface area (Å²) in [5.41, 5.74) is 5.31. The van der Waals surface area contributed by atoms with E-state index in [9.17, 15) is 4.79 Å². The fourth-order valence-corrected chi connectivity index (χ4v) is 1.28. The maximum Gasteiger partial charge on any atom is 0.203 e. The van der Waals surface area contributed by atoms with Gasteiger partial charge in [-0.3, -0.25) is 4.79 Å². The molecule has 60 valence electrons. The van der Waals surface area contributed by atoms with Crippen LogP contribution in [0.4, 0.5) is 5.13 Å². The fraction of sp³-hybridized carbons (Fsp3) is 0.500. The van der Waals surface area contributed by atoms with Gasteiger partial charge in [0.1, 0.15) is 0 Å². The van der Waals surface area contributed by atoms with Gasteiger partial charge in [-0.25, -0.2) is 0 Å². The van der Waals surface area contributed by atoms with E-state index in [0.717, 1.165) is 11.3 Å². The topological polar surface area (TPSA) is 68.9 Å². The van der Waals surface area contributed by atoms with Crippen LogP contribution in [0.3, 0.4) is 0 Å². The Morgan fingerprint density at radius 3 is 2.55 bits per heavy atom. The standard InChI is InChI=1S/C6H9N3OS/c1-3(2)4(10)5-8-9-6(7)11-5/h3H,1-2H3,(H2,7,9). The number of nitrogens with two attached hydrogens (primary N) is 1. The summed E-state index contributed by atoms with van der Waals surface area (Å²) < 4.78 is 0. The second-order valence-corrected chi connectivity index (χ2v) is 3.47. The minimum atomic E-state index is -0.0395.